The number of piperazine rings is 1. The molecule has 0 bridgehead atoms. The molecule has 2 rings (SSSR count). The van der Waals surface area contributed by atoms with E-state index in [-0.39, 0.29) is 19.0 Å². The van der Waals surface area contributed by atoms with Gasteiger partial charge in [-0.3, -0.25) is 14.4 Å². The SMILES string of the molecule is CCN1CC(=O)N(CC(=O)c2c(F)cccc2F)CC1=O. The maximum atomic E-state index is 13.5. The van der Waals surface area contributed by atoms with Crippen LogP contribution in [0.2, 0.25) is 0 Å². The highest BCUT2D eigenvalue weighted by Gasteiger charge is 2.31. The molecule has 1 aliphatic heterocycles. The van der Waals surface area contributed by atoms with Crippen molar-refractivity contribution in [2.45, 2.75) is 6.92 Å². The Morgan fingerprint density at radius 3 is 2.19 bits per heavy atom. The van der Waals surface area contributed by atoms with E-state index in [0.717, 1.165) is 23.1 Å². The Hall–Kier alpha value is -2.31. The first-order valence-corrected chi connectivity index (χ1v) is 6.46. The minimum atomic E-state index is -0.981. The minimum Gasteiger partial charge on any atom is -0.332 e. The summed E-state index contributed by atoms with van der Waals surface area (Å²) in [5.41, 5.74) is -0.685. The zero-order valence-corrected chi connectivity index (χ0v) is 11.4. The second kappa shape index (κ2) is 5.99. The lowest BCUT2D eigenvalue weighted by Crippen LogP contribution is -2.54. The number of benzene rings is 1. The number of halogens is 2. The van der Waals surface area contributed by atoms with Crippen LogP contribution in [0.5, 0.6) is 0 Å². The van der Waals surface area contributed by atoms with Crippen molar-refractivity contribution in [2.75, 3.05) is 26.2 Å². The molecule has 1 saturated heterocycles. The Morgan fingerprint density at radius 2 is 1.62 bits per heavy atom. The first-order chi connectivity index (χ1) is 9.93. The van der Waals surface area contributed by atoms with Crippen molar-refractivity contribution < 1.29 is 23.2 Å². The number of carbonyl (C=O) groups excluding carboxylic acids is 3. The van der Waals surface area contributed by atoms with Crippen LogP contribution < -0.4 is 0 Å². The van der Waals surface area contributed by atoms with Crippen molar-refractivity contribution in [2.24, 2.45) is 0 Å². The van der Waals surface area contributed by atoms with Gasteiger partial charge in [0, 0.05) is 6.54 Å². The van der Waals surface area contributed by atoms with Crippen LogP contribution in [0, 0.1) is 11.6 Å². The van der Waals surface area contributed by atoms with Crippen LogP contribution in [0.3, 0.4) is 0 Å². The van der Waals surface area contributed by atoms with Gasteiger partial charge in [0.1, 0.15) is 18.2 Å². The van der Waals surface area contributed by atoms with E-state index in [9.17, 15) is 23.2 Å². The van der Waals surface area contributed by atoms with Gasteiger partial charge >= 0.3 is 0 Å². The number of ketones is 1. The van der Waals surface area contributed by atoms with Gasteiger partial charge in [0.15, 0.2) is 5.78 Å². The molecule has 112 valence electrons. The molecule has 5 nitrogen and oxygen atoms in total. The summed E-state index contributed by atoms with van der Waals surface area (Å²) in [5, 5.41) is 0. The second-order valence-electron chi connectivity index (χ2n) is 4.68. The number of Topliss-reactive ketones (excluding diaryl/α,β-unsaturated/α-hetero) is 1. The van der Waals surface area contributed by atoms with E-state index >= 15 is 0 Å². The van der Waals surface area contributed by atoms with Crippen molar-refractivity contribution in [3.05, 3.63) is 35.4 Å². The molecule has 0 radical (unpaired) electrons. The number of nitrogens with zero attached hydrogens (tertiary/aromatic N) is 2. The van der Waals surface area contributed by atoms with Crippen molar-refractivity contribution in [1.82, 2.24) is 9.80 Å². The molecule has 2 amide bonds. The predicted octanol–water partition coefficient (Wildman–Crippen LogP) is 0.838. The van der Waals surface area contributed by atoms with Gasteiger partial charge in [0.2, 0.25) is 11.8 Å². The molecule has 0 atom stereocenters. The number of carbonyl (C=O) groups is 3. The van der Waals surface area contributed by atoms with Gasteiger partial charge in [-0.2, -0.15) is 0 Å². The van der Waals surface area contributed by atoms with Crippen molar-refractivity contribution in [1.29, 1.82) is 0 Å². The van der Waals surface area contributed by atoms with Gasteiger partial charge < -0.3 is 9.80 Å². The third-order valence-electron chi connectivity index (χ3n) is 3.32. The third kappa shape index (κ3) is 3.07. The van der Waals surface area contributed by atoms with E-state index in [2.05, 4.69) is 0 Å². The maximum absolute atomic E-state index is 13.5. The topological polar surface area (TPSA) is 57.7 Å². The lowest BCUT2D eigenvalue weighted by atomic mass is 10.1. The molecule has 1 fully saturated rings. The normalized spacial score (nSPS) is 15.6. The molecular formula is C14H14F2N2O3. The fourth-order valence-corrected chi connectivity index (χ4v) is 2.15. The summed E-state index contributed by atoms with van der Waals surface area (Å²) in [4.78, 5) is 37.9. The number of hydrogen-bond acceptors (Lipinski definition) is 3. The van der Waals surface area contributed by atoms with Crippen molar-refractivity contribution in [3.8, 4) is 0 Å². The van der Waals surface area contributed by atoms with Crippen LogP contribution >= 0.6 is 0 Å². The average molecular weight is 296 g/mol. The van der Waals surface area contributed by atoms with Gasteiger partial charge in [0.25, 0.3) is 0 Å². The zero-order chi connectivity index (χ0) is 15.6. The molecular weight excluding hydrogens is 282 g/mol. The van der Waals surface area contributed by atoms with Gasteiger partial charge in [-0.1, -0.05) is 6.07 Å². The Labute approximate surface area is 120 Å². The largest absolute Gasteiger partial charge is 0.332 e. The van der Waals surface area contributed by atoms with E-state index in [1.54, 1.807) is 6.92 Å². The number of rotatable bonds is 4. The molecule has 0 spiro atoms. The second-order valence-corrected chi connectivity index (χ2v) is 4.68. The van der Waals surface area contributed by atoms with Crippen LogP contribution in [-0.2, 0) is 9.59 Å². The summed E-state index contributed by atoms with van der Waals surface area (Å²) < 4.78 is 27.0. The summed E-state index contributed by atoms with van der Waals surface area (Å²) in [5.74, 6) is -3.53. The van der Waals surface area contributed by atoms with E-state index in [1.165, 1.54) is 4.90 Å². The van der Waals surface area contributed by atoms with Crippen LogP contribution in [-0.4, -0.2) is 53.6 Å². The fourth-order valence-electron chi connectivity index (χ4n) is 2.15. The molecule has 1 heterocycles. The highest BCUT2D eigenvalue weighted by Crippen LogP contribution is 2.14. The smallest absolute Gasteiger partial charge is 0.243 e. The average Bonchev–Trinajstić information content (AvgIpc) is 2.42. The number of hydrogen-bond donors (Lipinski definition) is 0. The highest BCUT2D eigenvalue weighted by molar-refractivity contribution is 6.01. The Balaban J connectivity index is 2.13. The van der Waals surface area contributed by atoms with Crippen molar-refractivity contribution >= 4 is 17.6 Å². The quantitative estimate of drug-likeness (QED) is 0.774. The summed E-state index contributed by atoms with van der Waals surface area (Å²) in [6.07, 6.45) is 0. The Kier molecular flexibility index (Phi) is 4.30. The summed E-state index contributed by atoms with van der Waals surface area (Å²) in [6, 6.07) is 3.09. The molecule has 0 aromatic heterocycles. The van der Waals surface area contributed by atoms with E-state index < -0.39 is 35.4 Å². The van der Waals surface area contributed by atoms with Crippen LogP contribution in [0.15, 0.2) is 18.2 Å². The monoisotopic (exact) mass is 296 g/mol. The molecule has 0 aliphatic carbocycles. The number of likely N-dealkylation sites (N-methyl/N-ethyl adjacent to an activating group) is 1. The third-order valence-corrected chi connectivity index (χ3v) is 3.32. The summed E-state index contributed by atoms with van der Waals surface area (Å²) >= 11 is 0. The summed E-state index contributed by atoms with van der Waals surface area (Å²) in [7, 11) is 0. The van der Waals surface area contributed by atoms with Crippen LogP contribution in [0.1, 0.15) is 17.3 Å². The highest BCUT2D eigenvalue weighted by atomic mass is 19.1. The molecule has 0 saturated carbocycles. The fraction of sp³-hybridized carbons (Fsp3) is 0.357. The molecule has 1 aromatic carbocycles. The Morgan fingerprint density at radius 1 is 1.10 bits per heavy atom. The zero-order valence-electron chi connectivity index (χ0n) is 11.4. The van der Waals surface area contributed by atoms with Gasteiger partial charge in [-0.25, -0.2) is 8.78 Å². The van der Waals surface area contributed by atoms with Crippen molar-refractivity contribution in [3.63, 3.8) is 0 Å². The Bertz CT molecular complexity index is 584. The maximum Gasteiger partial charge on any atom is 0.243 e. The molecule has 1 aliphatic rings. The van der Waals surface area contributed by atoms with Crippen LogP contribution in [0.4, 0.5) is 8.78 Å². The number of amides is 2. The molecule has 21 heavy (non-hydrogen) atoms. The first kappa shape index (κ1) is 15.1. The van der Waals surface area contributed by atoms with Gasteiger partial charge in [-0.05, 0) is 19.1 Å². The van der Waals surface area contributed by atoms with E-state index in [0.29, 0.717) is 6.54 Å². The van der Waals surface area contributed by atoms with Crippen LogP contribution in [0.25, 0.3) is 0 Å². The molecule has 0 unspecified atom stereocenters. The molecule has 1 aromatic rings. The minimum absolute atomic E-state index is 0.123. The standard InChI is InChI=1S/C14H14F2N2O3/c1-2-17-7-13(21)18(8-12(17)20)6-11(19)14-9(15)4-3-5-10(14)16/h3-5H,2,6-8H2,1H3. The molecule has 0 N–H and O–H groups in total. The lowest BCUT2D eigenvalue weighted by Gasteiger charge is -2.32. The van der Waals surface area contributed by atoms with Gasteiger partial charge in [0.05, 0.1) is 18.7 Å². The summed E-state index contributed by atoms with van der Waals surface area (Å²) in [6.45, 7) is 1.24. The van der Waals surface area contributed by atoms with E-state index in [4.69, 9.17) is 0 Å². The molecule has 7 heteroatoms. The predicted molar refractivity (Wildman–Crippen MR) is 69.5 cm³/mol. The van der Waals surface area contributed by atoms with E-state index in [1.807, 2.05) is 0 Å². The first-order valence-electron chi connectivity index (χ1n) is 6.46. The van der Waals surface area contributed by atoms with Gasteiger partial charge in [-0.15, -0.1) is 0 Å². The lowest BCUT2D eigenvalue weighted by molar-refractivity contribution is -0.149.